The van der Waals surface area contributed by atoms with Crippen LogP contribution in [0.1, 0.15) is 19.5 Å². The molecule has 14 heavy (non-hydrogen) atoms. The molecule has 0 saturated carbocycles. The van der Waals surface area contributed by atoms with Gasteiger partial charge in [-0.25, -0.2) is 0 Å². The highest BCUT2D eigenvalue weighted by atomic mass is 16.5. The molecule has 2 N–H and O–H groups in total. The van der Waals surface area contributed by atoms with Crippen LogP contribution >= 0.6 is 0 Å². The van der Waals surface area contributed by atoms with E-state index in [9.17, 15) is 0 Å². The number of nitrogens with zero attached hydrogens (tertiary/aromatic N) is 2. The summed E-state index contributed by atoms with van der Waals surface area (Å²) in [6, 6.07) is 3.74. The van der Waals surface area contributed by atoms with Crippen LogP contribution < -0.4 is 10.5 Å². The third-order valence-corrected chi connectivity index (χ3v) is 1.93. The van der Waals surface area contributed by atoms with Gasteiger partial charge >= 0.3 is 0 Å². The molecule has 0 spiro atoms. The van der Waals surface area contributed by atoms with E-state index in [1.165, 1.54) is 0 Å². The van der Waals surface area contributed by atoms with Gasteiger partial charge < -0.3 is 15.0 Å². The number of hydrogen-bond donors (Lipinski definition) is 1. The largest absolute Gasteiger partial charge is 0.481 e. The zero-order valence-electron chi connectivity index (χ0n) is 8.74. The van der Waals surface area contributed by atoms with Crippen molar-refractivity contribution in [3.8, 4) is 11.9 Å². The van der Waals surface area contributed by atoms with Crippen molar-refractivity contribution in [2.75, 3.05) is 12.8 Å². The summed E-state index contributed by atoms with van der Waals surface area (Å²) in [7, 11) is 1.56. The first-order chi connectivity index (χ1) is 6.60. The van der Waals surface area contributed by atoms with Gasteiger partial charge in [-0.3, -0.25) is 0 Å². The summed E-state index contributed by atoms with van der Waals surface area (Å²) >= 11 is 0. The lowest BCUT2D eigenvalue weighted by Crippen LogP contribution is -2.08. The third-order valence-electron chi connectivity index (χ3n) is 1.93. The fourth-order valence-corrected chi connectivity index (χ4v) is 1.42. The van der Waals surface area contributed by atoms with E-state index < -0.39 is 0 Å². The Balaban J connectivity index is 3.16. The Morgan fingerprint density at radius 2 is 2.29 bits per heavy atom. The molecule has 0 saturated heterocycles. The van der Waals surface area contributed by atoms with E-state index in [0.29, 0.717) is 23.2 Å². The van der Waals surface area contributed by atoms with E-state index in [1.54, 1.807) is 17.7 Å². The van der Waals surface area contributed by atoms with Gasteiger partial charge in [-0.2, -0.15) is 5.26 Å². The molecule has 1 aromatic heterocycles. The van der Waals surface area contributed by atoms with E-state index in [2.05, 4.69) is 19.9 Å². The fraction of sp³-hybridized carbons (Fsp3) is 0.500. The molecule has 1 aromatic rings. The van der Waals surface area contributed by atoms with Crippen LogP contribution in [0.25, 0.3) is 0 Å². The summed E-state index contributed by atoms with van der Waals surface area (Å²) in [4.78, 5) is 0. The standard InChI is InChI=1S/C10H15N3O/c1-7(2)6-13-8(5-11)4-9(12)10(13)14-3/h4,7H,6,12H2,1-3H3. The van der Waals surface area contributed by atoms with Crippen LogP contribution in [0, 0.1) is 17.2 Å². The Bertz CT molecular complexity index is 360. The first kappa shape index (κ1) is 10.5. The van der Waals surface area contributed by atoms with Gasteiger partial charge in [0.25, 0.3) is 0 Å². The molecular formula is C10H15N3O. The van der Waals surface area contributed by atoms with Crippen molar-refractivity contribution in [3.05, 3.63) is 11.8 Å². The first-order valence-electron chi connectivity index (χ1n) is 4.53. The minimum atomic E-state index is 0.447. The fourth-order valence-electron chi connectivity index (χ4n) is 1.42. The number of nitrogen functional groups attached to an aromatic ring is 1. The molecule has 0 aromatic carbocycles. The third kappa shape index (κ3) is 1.82. The quantitative estimate of drug-likeness (QED) is 0.793. The molecular weight excluding hydrogens is 178 g/mol. The Kier molecular flexibility index (Phi) is 3.03. The number of anilines is 1. The van der Waals surface area contributed by atoms with Crippen LogP contribution in [0.15, 0.2) is 6.07 Å². The molecule has 1 heterocycles. The number of ether oxygens (including phenoxy) is 1. The Morgan fingerprint density at radius 3 is 2.71 bits per heavy atom. The normalized spacial score (nSPS) is 10.2. The van der Waals surface area contributed by atoms with Crippen molar-refractivity contribution >= 4 is 5.69 Å². The van der Waals surface area contributed by atoms with Crippen molar-refractivity contribution in [2.45, 2.75) is 20.4 Å². The average molecular weight is 193 g/mol. The minimum Gasteiger partial charge on any atom is -0.481 e. The van der Waals surface area contributed by atoms with Crippen LogP contribution in [0.5, 0.6) is 5.88 Å². The molecule has 4 nitrogen and oxygen atoms in total. The zero-order chi connectivity index (χ0) is 10.7. The van der Waals surface area contributed by atoms with Gasteiger partial charge in [-0.05, 0) is 5.92 Å². The Labute approximate surface area is 83.9 Å². The van der Waals surface area contributed by atoms with Crippen LogP contribution in [-0.2, 0) is 6.54 Å². The second-order valence-electron chi connectivity index (χ2n) is 3.61. The molecule has 0 unspecified atom stereocenters. The number of aromatic nitrogens is 1. The average Bonchev–Trinajstić information content (AvgIpc) is 2.41. The molecule has 0 aliphatic heterocycles. The molecule has 0 aliphatic carbocycles. The summed E-state index contributed by atoms with van der Waals surface area (Å²) < 4.78 is 6.95. The zero-order valence-corrected chi connectivity index (χ0v) is 8.74. The Hall–Kier alpha value is -1.63. The second-order valence-corrected chi connectivity index (χ2v) is 3.61. The molecule has 4 heteroatoms. The molecule has 0 radical (unpaired) electrons. The predicted octanol–water partition coefficient (Wildman–Crippen LogP) is 1.61. The van der Waals surface area contributed by atoms with Crippen LogP contribution in [0.2, 0.25) is 0 Å². The lowest BCUT2D eigenvalue weighted by atomic mass is 10.2. The summed E-state index contributed by atoms with van der Waals surface area (Å²) in [5.74, 6) is 1.03. The van der Waals surface area contributed by atoms with Gasteiger partial charge in [0.05, 0.1) is 12.8 Å². The van der Waals surface area contributed by atoms with E-state index in [1.807, 2.05) is 0 Å². The number of methoxy groups -OCH3 is 1. The highest BCUT2D eigenvalue weighted by Gasteiger charge is 2.13. The van der Waals surface area contributed by atoms with Crippen LogP contribution in [0.4, 0.5) is 5.69 Å². The molecule has 0 fully saturated rings. The van der Waals surface area contributed by atoms with E-state index in [-0.39, 0.29) is 0 Å². The number of hydrogen-bond acceptors (Lipinski definition) is 3. The molecule has 0 atom stereocenters. The second kappa shape index (κ2) is 4.05. The Morgan fingerprint density at radius 1 is 1.64 bits per heavy atom. The van der Waals surface area contributed by atoms with Crippen LogP contribution in [-0.4, -0.2) is 11.7 Å². The van der Waals surface area contributed by atoms with Gasteiger partial charge in [0, 0.05) is 12.6 Å². The van der Waals surface area contributed by atoms with E-state index in [0.717, 1.165) is 6.54 Å². The molecule has 76 valence electrons. The highest BCUT2D eigenvalue weighted by molar-refractivity contribution is 5.55. The van der Waals surface area contributed by atoms with Crippen molar-refractivity contribution in [2.24, 2.45) is 5.92 Å². The van der Waals surface area contributed by atoms with Crippen molar-refractivity contribution < 1.29 is 4.74 Å². The highest BCUT2D eigenvalue weighted by Crippen LogP contribution is 2.26. The van der Waals surface area contributed by atoms with Gasteiger partial charge in [0.2, 0.25) is 5.88 Å². The van der Waals surface area contributed by atoms with E-state index >= 15 is 0 Å². The first-order valence-corrected chi connectivity index (χ1v) is 4.53. The number of nitriles is 1. The maximum absolute atomic E-state index is 8.88. The molecule has 0 amide bonds. The SMILES string of the molecule is COc1c(N)cc(C#N)n1CC(C)C. The van der Waals surface area contributed by atoms with E-state index in [4.69, 9.17) is 15.7 Å². The molecule has 0 bridgehead atoms. The summed E-state index contributed by atoms with van der Waals surface area (Å²) in [5.41, 5.74) is 6.77. The van der Waals surface area contributed by atoms with Gasteiger partial charge in [0.15, 0.2) is 0 Å². The lowest BCUT2D eigenvalue weighted by molar-refractivity contribution is 0.360. The van der Waals surface area contributed by atoms with Gasteiger partial charge in [-0.15, -0.1) is 0 Å². The van der Waals surface area contributed by atoms with Crippen molar-refractivity contribution in [1.29, 1.82) is 5.26 Å². The van der Waals surface area contributed by atoms with Gasteiger partial charge in [-0.1, -0.05) is 13.8 Å². The molecule has 1 rings (SSSR count). The maximum atomic E-state index is 8.88. The topological polar surface area (TPSA) is 64.0 Å². The van der Waals surface area contributed by atoms with Crippen molar-refractivity contribution in [3.63, 3.8) is 0 Å². The smallest absolute Gasteiger partial charge is 0.218 e. The van der Waals surface area contributed by atoms with Gasteiger partial charge in [0.1, 0.15) is 11.8 Å². The molecule has 0 aliphatic rings. The lowest BCUT2D eigenvalue weighted by Gasteiger charge is -2.11. The predicted molar refractivity (Wildman–Crippen MR) is 54.9 cm³/mol. The number of rotatable bonds is 3. The summed E-state index contributed by atoms with van der Waals surface area (Å²) in [5, 5.41) is 8.88. The van der Waals surface area contributed by atoms with Crippen LogP contribution in [0.3, 0.4) is 0 Å². The summed E-state index contributed by atoms with van der Waals surface area (Å²) in [6.07, 6.45) is 0. The maximum Gasteiger partial charge on any atom is 0.218 e. The summed E-state index contributed by atoms with van der Waals surface area (Å²) in [6.45, 7) is 4.90. The monoisotopic (exact) mass is 193 g/mol. The minimum absolute atomic E-state index is 0.447. The van der Waals surface area contributed by atoms with Crippen molar-refractivity contribution in [1.82, 2.24) is 4.57 Å². The number of nitrogens with two attached hydrogens (primary N) is 1.